The lowest BCUT2D eigenvalue weighted by Gasteiger charge is -2.28. The van der Waals surface area contributed by atoms with Crippen molar-refractivity contribution in [1.29, 1.82) is 0 Å². The van der Waals surface area contributed by atoms with Gasteiger partial charge in [0, 0.05) is 31.0 Å². The van der Waals surface area contributed by atoms with Gasteiger partial charge in [0.1, 0.15) is 6.61 Å². The lowest BCUT2D eigenvalue weighted by molar-refractivity contribution is 0.122. The highest BCUT2D eigenvalue weighted by molar-refractivity contribution is 5.77. The number of ether oxygens (including phenoxy) is 2. The first kappa shape index (κ1) is 14.8. The summed E-state index contributed by atoms with van der Waals surface area (Å²) < 4.78 is 11.4. The summed E-state index contributed by atoms with van der Waals surface area (Å²) >= 11 is 0. The predicted molar refractivity (Wildman–Crippen MR) is 91.1 cm³/mol. The second kappa shape index (κ2) is 6.80. The highest BCUT2D eigenvalue weighted by Gasteiger charge is 2.19. The molecule has 0 saturated carbocycles. The van der Waals surface area contributed by atoms with Crippen LogP contribution in [0.1, 0.15) is 5.56 Å². The van der Waals surface area contributed by atoms with E-state index < -0.39 is 0 Å². The lowest BCUT2D eigenvalue weighted by Crippen LogP contribution is -2.37. The van der Waals surface area contributed by atoms with E-state index in [1.807, 2.05) is 36.4 Å². The van der Waals surface area contributed by atoms with Crippen LogP contribution in [-0.2, 0) is 11.3 Å². The number of nitrogens with zero attached hydrogens (tertiary/aromatic N) is 4. The van der Waals surface area contributed by atoms with E-state index in [9.17, 15) is 0 Å². The Kier molecular flexibility index (Phi) is 4.20. The molecule has 0 bridgehead atoms. The quantitative estimate of drug-likeness (QED) is 0.735. The first-order valence-electron chi connectivity index (χ1n) is 8.01. The van der Waals surface area contributed by atoms with Gasteiger partial charge >= 0.3 is 0 Å². The lowest BCUT2D eigenvalue weighted by atomic mass is 10.3. The summed E-state index contributed by atoms with van der Waals surface area (Å²) in [4.78, 5) is 15.7. The first-order valence-corrected chi connectivity index (χ1v) is 8.01. The molecule has 0 unspecified atom stereocenters. The number of benzene rings is 1. The molecule has 0 atom stereocenters. The second-order valence-corrected chi connectivity index (χ2v) is 5.59. The van der Waals surface area contributed by atoms with Crippen molar-refractivity contribution in [1.82, 2.24) is 15.0 Å². The maximum atomic E-state index is 5.99. The van der Waals surface area contributed by atoms with Gasteiger partial charge < -0.3 is 14.4 Å². The van der Waals surface area contributed by atoms with Gasteiger partial charge in [0.15, 0.2) is 5.82 Å². The molecule has 24 heavy (non-hydrogen) atoms. The van der Waals surface area contributed by atoms with E-state index in [1.54, 1.807) is 12.4 Å². The van der Waals surface area contributed by atoms with Crippen molar-refractivity contribution in [3.63, 3.8) is 0 Å². The number of anilines is 1. The summed E-state index contributed by atoms with van der Waals surface area (Å²) in [5.41, 5.74) is 2.70. The molecule has 1 aromatic carbocycles. The zero-order valence-electron chi connectivity index (χ0n) is 13.3. The van der Waals surface area contributed by atoms with E-state index in [-0.39, 0.29) is 0 Å². The summed E-state index contributed by atoms with van der Waals surface area (Å²) in [6.45, 7) is 3.37. The van der Waals surface area contributed by atoms with Gasteiger partial charge in [-0.2, -0.15) is 0 Å². The van der Waals surface area contributed by atoms with Gasteiger partial charge in [-0.25, -0.2) is 9.97 Å². The van der Waals surface area contributed by atoms with Crippen LogP contribution in [0.2, 0.25) is 0 Å². The van der Waals surface area contributed by atoms with Crippen molar-refractivity contribution in [3.8, 4) is 5.88 Å². The molecule has 1 aliphatic heterocycles. The topological polar surface area (TPSA) is 60.4 Å². The number of para-hydroxylation sites is 2. The Morgan fingerprint density at radius 1 is 1.00 bits per heavy atom. The molecule has 1 fully saturated rings. The van der Waals surface area contributed by atoms with Gasteiger partial charge in [-0.1, -0.05) is 18.2 Å². The maximum Gasteiger partial charge on any atom is 0.258 e. The summed E-state index contributed by atoms with van der Waals surface area (Å²) in [7, 11) is 0. The molecule has 0 N–H and O–H groups in total. The Hall–Kier alpha value is -2.73. The summed E-state index contributed by atoms with van der Waals surface area (Å²) in [6.07, 6.45) is 3.54. The van der Waals surface area contributed by atoms with Gasteiger partial charge in [0.2, 0.25) is 0 Å². The molecule has 3 heterocycles. The molecule has 4 rings (SSSR count). The molecule has 0 radical (unpaired) electrons. The van der Waals surface area contributed by atoms with E-state index in [4.69, 9.17) is 14.5 Å². The van der Waals surface area contributed by atoms with Crippen LogP contribution in [-0.4, -0.2) is 41.3 Å². The number of rotatable bonds is 4. The van der Waals surface area contributed by atoms with Crippen LogP contribution in [0.5, 0.6) is 5.88 Å². The molecule has 1 aliphatic rings. The van der Waals surface area contributed by atoms with Gasteiger partial charge in [-0.05, 0) is 18.2 Å². The van der Waals surface area contributed by atoms with Crippen molar-refractivity contribution in [2.75, 3.05) is 31.2 Å². The Morgan fingerprint density at radius 2 is 1.79 bits per heavy atom. The molecule has 3 aromatic rings. The second-order valence-electron chi connectivity index (χ2n) is 5.59. The number of fused-ring (bicyclic) bond motifs is 1. The van der Waals surface area contributed by atoms with Gasteiger partial charge in [0.25, 0.3) is 5.88 Å². The zero-order valence-corrected chi connectivity index (χ0v) is 13.3. The van der Waals surface area contributed by atoms with Crippen molar-refractivity contribution < 1.29 is 9.47 Å². The molecule has 0 amide bonds. The van der Waals surface area contributed by atoms with Crippen LogP contribution in [0.15, 0.2) is 48.8 Å². The van der Waals surface area contributed by atoms with E-state index in [0.29, 0.717) is 25.7 Å². The smallest absolute Gasteiger partial charge is 0.258 e. The molecular weight excluding hydrogens is 304 g/mol. The van der Waals surface area contributed by atoms with E-state index in [0.717, 1.165) is 35.5 Å². The van der Waals surface area contributed by atoms with Gasteiger partial charge in [-0.15, -0.1) is 0 Å². The average molecular weight is 322 g/mol. The monoisotopic (exact) mass is 322 g/mol. The molecule has 2 aromatic heterocycles. The van der Waals surface area contributed by atoms with Crippen molar-refractivity contribution >= 4 is 16.9 Å². The standard InChI is InChI=1S/C18H18N4O2/c1-2-6-16-15(5-1)20-17(22-8-10-23-11-9-22)18(21-16)24-13-14-4-3-7-19-12-14/h1-7,12H,8-11,13H2. The van der Waals surface area contributed by atoms with E-state index in [1.165, 1.54) is 0 Å². The minimum absolute atomic E-state index is 0.415. The predicted octanol–water partition coefficient (Wildman–Crippen LogP) is 2.44. The van der Waals surface area contributed by atoms with Crippen molar-refractivity contribution in [3.05, 3.63) is 54.4 Å². The third-order valence-corrected chi connectivity index (χ3v) is 3.93. The Bertz CT molecular complexity index is 820. The normalized spacial score (nSPS) is 14.8. The largest absolute Gasteiger partial charge is 0.470 e. The van der Waals surface area contributed by atoms with Crippen LogP contribution in [0, 0.1) is 0 Å². The SMILES string of the molecule is c1cncc(COc2nc3ccccc3nc2N2CCOCC2)c1. The summed E-state index contributed by atoms with van der Waals surface area (Å²) in [6, 6.07) is 11.7. The third-order valence-electron chi connectivity index (χ3n) is 3.93. The van der Waals surface area contributed by atoms with Crippen LogP contribution in [0.4, 0.5) is 5.82 Å². The molecule has 0 aliphatic carbocycles. The Morgan fingerprint density at radius 3 is 2.54 bits per heavy atom. The minimum atomic E-state index is 0.415. The highest BCUT2D eigenvalue weighted by Crippen LogP contribution is 2.28. The number of pyridine rings is 1. The van der Waals surface area contributed by atoms with Crippen LogP contribution < -0.4 is 9.64 Å². The van der Waals surface area contributed by atoms with E-state index >= 15 is 0 Å². The van der Waals surface area contributed by atoms with Crippen molar-refractivity contribution in [2.24, 2.45) is 0 Å². The van der Waals surface area contributed by atoms with Crippen LogP contribution in [0.25, 0.3) is 11.0 Å². The number of aromatic nitrogens is 3. The maximum absolute atomic E-state index is 5.99. The highest BCUT2D eigenvalue weighted by atomic mass is 16.5. The van der Waals surface area contributed by atoms with Crippen LogP contribution >= 0.6 is 0 Å². The Labute approximate surface area is 140 Å². The number of hydrogen-bond acceptors (Lipinski definition) is 6. The third kappa shape index (κ3) is 3.14. The van der Waals surface area contributed by atoms with Crippen LogP contribution in [0.3, 0.4) is 0 Å². The fraction of sp³-hybridized carbons (Fsp3) is 0.278. The molecule has 122 valence electrons. The fourth-order valence-electron chi connectivity index (χ4n) is 2.69. The summed E-state index contributed by atoms with van der Waals surface area (Å²) in [5, 5.41) is 0. The molecule has 0 spiro atoms. The van der Waals surface area contributed by atoms with Crippen molar-refractivity contribution in [2.45, 2.75) is 6.61 Å². The summed E-state index contributed by atoms with van der Waals surface area (Å²) in [5.74, 6) is 1.33. The number of hydrogen-bond donors (Lipinski definition) is 0. The van der Waals surface area contributed by atoms with Gasteiger partial charge in [-0.3, -0.25) is 4.98 Å². The molecule has 1 saturated heterocycles. The Balaban J connectivity index is 1.67. The number of morpholine rings is 1. The first-order chi connectivity index (χ1) is 11.9. The average Bonchev–Trinajstić information content (AvgIpc) is 2.67. The molecular formula is C18H18N4O2. The zero-order chi connectivity index (χ0) is 16.2. The van der Waals surface area contributed by atoms with E-state index in [2.05, 4.69) is 14.9 Å². The van der Waals surface area contributed by atoms with Gasteiger partial charge in [0.05, 0.1) is 24.2 Å². The fourth-order valence-corrected chi connectivity index (χ4v) is 2.69. The minimum Gasteiger partial charge on any atom is -0.470 e. The molecule has 6 heteroatoms. The molecule has 6 nitrogen and oxygen atoms in total.